The van der Waals surface area contributed by atoms with E-state index < -0.39 is 10.9 Å². The van der Waals surface area contributed by atoms with Crippen LogP contribution in [0.25, 0.3) is 0 Å². The first kappa shape index (κ1) is 51.6. The van der Waals surface area contributed by atoms with Gasteiger partial charge < -0.3 is 25.0 Å². The van der Waals surface area contributed by atoms with E-state index >= 15 is 0 Å². The van der Waals surface area contributed by atoms with Gasteiger partial charge in [-0.1, -0.05) is 143 Å². The number of carbonyl (C=O) groups excluding carboxylic acids is 2. The minimum Gasteiger partial charge on any atom is -0.466 e. The standard InChI is InChI=1S/C47H87N3O6/c1-5-8-11-13-16-20-25-32-41(33-26-21-17-14-12-9-6-2)56-43(52)35-27-29-38-50(39-31-36-49-45-44(48-4)46(53)47(45)54)37-28-22-18-15-19-23-30-40-55-42(51)34-24-10-7-3/h41,48-49H,5-40H2,1-4H3. The van der Waals surface area contributed by atoms with Crippen molar-refractivity contribution in [1.29, 1.82) is 0 Å². The van der Waals surface area contributed by atoms with E-state index in [2.05, 4.69) is 36.3 Å². The number of ether oxygens (including phenoxy) is 2. The molecule has 0 heterocycles. The number of nitrogens with one attached hydrogen (secondary N) is 2. The van der Waals surface area contributed by atoms with Gasteiger partial charge >= 0.3 is 11.9 Å². The van der Waals surface area contributed by atoms with Crippen molar-refractivity contribution >= 4 is 23.3 Å². The number of esters is 2. The van der Waals surface area contributed by atoms with Crippen LogP contribution < -0.4 is 21.5 Å². The Hall–Kier alpha value is -2.42. The van der Waals surface area contributed by atoms with Crippen LogP contribution in [-0.4, -0.2) is 62.8 Å². The molecule has 1 aromatic rings. The highest BCUT2D eigenvalue weighted by Gasteiger charge is 2.19. The highest BCUT2D eigenvalue weighted by atomic mass is 16.5. The van der Waals surface area contributed by atoms with Crippen LogP contribution in [0.1, 0.15) is 220 Å². The lowest BCUT2D eigenvalue weighted by atomic mass is 10.0. The van der Waals surface area contributed by atoms with Gasteiger partial charge in [-0.15, -0.1) is 0 Å². The first-order chi connectivity index (χ1) is 27.4. The molecule has 0 aliphatic rings. The summed E-state index contributed by atoms with van der Waals surface area (Å²) in [5.74, 6) is -0.0861. The molecular formula is C47H87N3O6. The van der Waals surface area contributed by atoms with Gasteiger partial charge in [0.1, 0.15) is 17.5 Å². The van der Waals surface area contributed by atoms with Crippen molar-refractivity contribution < 1.29 is 19.1 Å². The number of unbranched alkanes of at least 4 members (excludes halogenated alkanes) is 21. The zero-order valence-corrected chi connectivity index (χ0v) is 36.9. The van der Waals surface area contributed by atoms with Gasteiger partial charge in [0.05, 0.1) is 6.61 Å². The van der Waals surface area contributed by atoms with Gasteiger partial charge in [0.15, 0.2) is 0 Å². The predicted octanol–water partition coefficient (Wildman–Crippen LogP) is 11.6. The lowest BCUT2D eigenvalue weighted by Crippen LogP contribution is -2.37. The van der Waals surface area contributed by atoms with E-state index in [1.54, 1.807) is 7.05 Å². The molecule has 0 amide bonds. The fourth-order valence-electron chi connectivity index (χ4n) is 7.52. The zero-order valence-electron chi connectivity index (χ0n) is 36.9. The average molecular weight is 790 g/mol. The summed E-state index contributed by atoms with van der Waals surface area (Å²) in [4.78, 5) is 51.0. The van der Waals surface area contributed by atoms with Gasteiger partial charge in [-0.2, -0.15) is 0 Å². The van der Waals surface area contributed by atoms with E-state index in [1.807, 2.05) is 0 Å². The molecule has 2 N–H and O–H groups in total. The monoisotopic (exact) mass is 790 g/mol. The summed E-state index contributed by atoms with van der Waals surface area (Å²) in [6, 6.07) is 0. The maximum atomic E-state index is 13.0. The molecule has 1 aromatic carbocycles. The Kier molecular flexibility index (Phi) is 34.0. The maximum absolute atomic E-state index is 13.0. The molecule has 0 radical (unpaired) electrons. The van der Waals surface area contributed by atoms with Gasteiger partial charge in [0.25, 0.3) is 10.9 Å². The number of hydrogen-bond acceptors (Lipinski definition) is 9. The molecule has 0 bridgehead atoms. The van der Waals surface area contributed by atoms with Crippen LogP contribution in [0, 0.1) is 0 Å². The third-order valence-electron chi connectivity index (χ3n) is 11.1. The minimum absolute atomic E-state index is 0.0323. The second-order valence-corrected chi connectivity index (χ2v) is 16.3. The van der Waals surface area contributed by atoms with Crippen molar-refractivity contribution in [2.45, 2.75) is 226 Å². The molecule has 326 valence electrons. The lowest BCUT2D eigenvalue weighted by Gasteiger charge is -2.23. The second-order valence-electron chi connectivity index (χ2n) is 16.3. The van der Waals surface area contributed by atoms with Gasteiger partial charge in [-0.05, 0) is 83.8 Å². The predicted molar refractivity (Wildman–Crippen MR) is 237 cm³/mol. The summed E-state index contributed by atoms with van der Waals surface area (Å²) < 4.78 is 11.5. The topological polar surface area (TPSA) is 114 Å². The molecular weight excluding hydrogens is 703 g/mol. The lowest BCUT2D eigenvalue weighted by molar-refractivity contribution is -0.150. The molecule has 9 heteroatoms. The highest BCUT2D eigenvalue weighted by Crippen LogP contribution is 2.19. The van der Waals surface area contributed by atoms with Crippen LogP contribution in [-0.2, 0) is 19.1 Å². The minimum atomic E-state index is -0.446. The third-order valence-corrected chi connectivity index (χ3v) is 11.1. The number of anilines is 2. The van der Waals surface area contributed by atoms with Crippen LogP contribution in [0.4, 0.5) is 11.4 Å². The number of hydrogen-bond donors (Lipinski definition) is 2. The summed E-state index contributed by atoms with van der Waals surface area (Å²) in [6.45, 7) is 10.7. The van der Waals surface area contributed by atoms with Crippen LogP contribution >= 0.6 is 0 Å². The number of carbonyl (C=O) groups is 2. The Bertz CT molecular complexity index is 1130. The van der Waals surface area contributed by atoms with Crippen molar-refractivity contribution in [3.05, 3.63) is 20.4 Å². The number of rotatable bonds is 42. The molecule has 0 aliphatic carbocycles. The van der Waals surface area contributed by atoms with E-state index in [9.17, 15) is 19.2 Å². The second kappa shape index (κ2) is 36.9. The fourth-order valence-corrected chi connectivity index (χ4v) is 7.52. The molecule has 0 fully saturated rings. The van der Waals surface area contributed by atoms with Crippen LogP contribution in [0.5, 0.6) is 0 Å². The average Bonchev–Trinajstić information content (AvgIpc) is 3.19. The molecule has 0 atom stereocenters. The normalized spacial score (nSPS) is 11.5. The van der Waals surface area contributed by atoms with Crippen LogP contribution in [0.3, 0.4) is 0 Å². The molecule has 0 saturated heterocycles. The summed E-state index contributed by atoms with van der Waals surface area (Å²) >= 11 is 0. The van der Waals surface area contributed by atoms with Gasteiger partial charge in [-0.3, -0.25) is 19.2 Å². The fraction of sp³-hybridized carbons (Fsp3) is 0.872. The molecule has 56 heavy (non-hydrogen) atoms. The summed E-state index contributed by atoms with van der Waals surface area (Å²) in [6.07, 6.45) is 34.7. The van der Waals surface area contributed by atoms with Gasteiger partial charge in [0.2, 0.25) is 0 Å². The van der Waals surface area contributed by atoms with Crippen molar-refractivity contribution in [3.8, 4) is 0 Å². The molecule has 0 aromatic heterocycles. The van der Waals surface area contributed by atoms with Crippen LogP contribution in [0.15, 0.2) is 9.59 Å². The van der Waals surface area contributed by atoms with Crippen molar-refractivity contribution in [1.82, 2.24) is 4.90 Å². The molecule has 0 unspecified atom stereocenters. The summed E-state index contributed by atoms with van der Waals surface area (Å²) in [5.41, 5.74) is -0.0916. The van der Waals surface area contributed by atoms with Crippen molar-refractivity contribution in [2.75, 3.05) is 50.5 Å². The molecule has 0 aliphatic heterocycles. The Balaban J connectivity index is 2.46. The maximum Gasteiger partial charge on any atom is 0.306 e. The smallest absolute Gasteiger partial charge is 0.306 e. The molecule has 0 spiro atoms. The van der Waals surface area contributed by atoms with Crippen molar-refractivity contribution in [2.24, 2.45) is 0 Å². The van der Waals surface area contributed by atoms with E-state index in [0.717, 1.165) is 103 Å². The summed E-state index contributed by atoms with van der Waals surface area (Å²) in [5, 5.41) is 6.00. The number of nitrogens with zero attached hydrogens (tertiary/aromatic N) is 1. The third kappa shape index (κ3) is 27.3. The van der Waals surface area contributed by atoms with Crippen LogP contribution in [0.2, 0.25) is 0 Å². The molecule has 9 nitrogen and oxygen atoms in total. The van der Waals surface area contributed by atoms with E-state index in [4.69, 9.17) is 9.47 Å². The SMILES string of the molecule is CCCCCCCCCC(CCCCCCCCC)OC(=O)CCCCN(CCCCCCCCCOC(=O)CCCCC)CCCNc1c(NC)c(=O)c1=O. The van der Waals surface area contributed by atoms with Gasteiger partial charge in [0, 0.05) is 26.4 Å². The summed E-state index contributed by atoms with van der Waals surface area (Å²) in [7, 11) is 1.67. The quantitative estimate of drug-likeness (QED) is 0.0379. The first-order valence-corrected chi connectivity index (χ1v) is 23.7. The Morgan fingerprint density at radius 3 is 1.52 bits per heavy atom. The molecule has 1 rings (SSSR count). The Morgan fingerprint density at radius 1 is 0.518 bits per heavy atom. The Labute approximate surface area is 343 Å². The van der Waals surface area contributed by atoms with E-state index in [1.165, 1.54) is 103 Å². The Morgan fingerprint density at radius 2 is 0.946 bits per heavy atom. The largest absolute Gasteiger partial charge is 0.466 e. The van der Waals surface area contributed by atoms with E-state index in [0.29, 0.717) is 37.4 Å². The van der Waals surface area contributed by atoms with Crippen molar-refractivity contribution in [3.63, 3.8) is 0 Å². The zero-order chi connectivity index (χ0) is 40.9. The van der Waals surface area contributed by atoms with Gasteiger partial charge in [-0.25, -0.2) is 0 Å². The molecule has 0 saturated carbocycles. The highest BCUT2D eigenvalue weighted by molar-refractivity contribution is 5.73. The van der Waals surface area contributed by atoms with E-state index in [-0.39, 0.29) is 18.0 Å². The first-order valence-electron chi connectivity index (χ1n) is 23.7.